The van der Waals surface area contributed by atoms with E-state index < -0.39 is 35.5 Å². The summed E-state index contributed by atoms with van der Waals surface area (Å²) in [5.41, 5.74) is 5.46. The molecule has 3 aromatic heterocycles. The van der Waals surface area contributed by atoms with Crippen LogP contribution in [-0.2, 0) is 32.3 Å². The van der Waals surface area contributed by atoms with Crippen LogP contribution < -0.4 is 27.6 Å². The number of rotatable bonds is 12. The van der Waals surface area contributed by atoms with Crippen LogP contribution in [0.3, 0.4) is 0 Å². The summed E-state index contributed by atoms with van der Waals surface area (Å²) in [5, 5.41) is 5.05. The molecule has 0 atom stereocenters. The topological polar surface area (TPSA) is 223 Å². The second kappa shape index (κ2) is 13.1. The highest BCUT2D eigenvalue weighted by molar-refractivity contribution is 5.87. The number of nitrogen functional groups attached to an aromatic ring is 1. The van der Waals surface area contributed by atoms with E-state index in [1.807, 2.05) is 0 Å². The maximum Gasteiger partial charge on any atom is 0.328 e. The lowest BCUT2D eigenvalue weighted by molar-refractivity contribution is -0.137. The molecule has 0 fully saturated rings. The van der Waals surface area contributed by atoms with Gasteiger partial charge in [-0.3, -0.25) is 33.5 Å². The monoisotopic (exact) mass is 557 g/mol. The van der Waals surface area contributed by atoms with Gasteiger partial charge in [0.1, 0.15) is 24.9 Å². The van der Waals surface area contributed by atoms with Gasteiger partial charge in [0.2, 0.25) is 23.6 Å². The van der Waals surface area contributed by atoms with Crippen molar-refractivity contribution in [1.82, 2.24) is 49.5 Å². The zero-order valence-corrected chi connectivity index (χ0v) is 22.3. The van der Waals surface area contributed by atoms with Crippen LogP contribution in [0.15, 0.2) is 28.4 Å². The highest BCUT2D eigenvalue weighted by Gasteiger charge is 2.20. The van der Waals surface area contributed by atoms with E-state index >= 15 is 0 Å². The third-order valence-corrected chi connectivity index (χ3v) is 5.97. The first-order valence-corrected chi connectivity index (χ1v) is 12.3. The molecule has 0 spiro atoms. The van der Waals surface area contributed by atoms with E-state index in [1.165, 1.54) is 47.2 Å². The molecule has 5 N–H and O–H groups in total. The Hall–Kier alpha value is -5.09. The van der Waals surface area contributed by atoms with Crippen molar-refractivity contribution in [3.05, 3.63) is 45.3 Å². The molecule has 0 saturated heterocycles. The highest BCUT2D eigenvalue weighted by Crippen LogP contribution is 2.14. The Kier molecular flexibility index (Phi) is 9.66. The van der Waals surface area contributed by atoms with Crippen LogP contribution >= 0.6 is 0 Å². The van der Waals surface area contributed by atoms with E-state index in [1.54, 1.807) is 6.92 Å². The number of anilines is 1. The van der Waals surface area contributed by atoms with E-state index in [0.29, 0.717) is 11.2 Å². The number of carbonyl (C=O) groups is 4. The molecular formula is C23H31N11O6. The molecule has 0 aliphatic rings. The number of aryl methyl sites for hydroxylation is 1. The van der Waals surface area contributed by atoms with E-state index in [2.05, 4.69) is 30.6 Å². The lowest BCUT2D eigenvalue weighted by atomic mass is 10.3. The number of H-pyrrole nitrogens is 1. The van der Waals surface area contributed by atoms with E-state index in [0.717, 1.165) is 4.57 Å². The minimum absolute atomic E-state index is 0.0186. The SMILES string of the molecule is CCN(CC(=O)NCCN(CC(=O)NC)C(=O)Cn1cc(C)c(=O)[nH]c1=O)C(=O)Cn1cnc2c(N)ncnc21. The van der Waals surface area contributed by atoms with Gasteiger partial charge in [0.15, 0.2) is 11.5 Å². The summed E-state index contributed by atoms with van der Waals surface area (Å²) in [7, 11) is 1.41. The number of aromatic nitrogens is 6. The third kappa shape index (κ3) is 7.27. The average molecular weight is 558 g/mol. The predicted octanol–water partition coefficient (Wildman–Crippen LogP) is -3.19. The number of nitrogens with two attached hydrogens (primary N) is 1. The number of imidazole rings is 1. The van der Waals surface area contributed by atoms with Crippen LogP contribution in [0.25, 0.3) is 11.2 Å². The van der Waals surface area contributed by atoms with Crippen molar-refractivity contribution < 1.29 is 19.2 Å². The van der Waals surface area contributed by atoms with Crippen LogP contribution in [0.5, 0.6) is 0 Å². The predicted molar refractivity (Wildman–Crippen MR) is 142 cm³/mol. The second-order valence-corrected chi connectivity index (χ2v) is 8.75. The fourth-order valence-corrected chi connectivity index (χ4v) is 3.72. The molecule has 0 bridgehead atoms. The van der Waals surface area contributed by atoms with Crippen molar-refractivity contribution in [3.63, 3.8) is 0 Å². The molecule has 0 aliphatic carbocycles. The summed E-state index contributed by atoms with van der Waals surface area (Å²) in [4.78, 5) is 90.6. The van der Waals surface area contributed by atoms with Crippen molar-refractivity contribution in [3.8, 4) is 0 Å². The number of fused-ring (bicyclic) bond motifs is 1. The molecule has 3 rings (SSSR count). The fraction of sp³-hybridized carbons (Fsp3) is 0.435. The number of likely N-dealkylation sites (N-methyl/N-ethyl adjacent to an activating group) is 2. The minimum Gasteiger partial charge on any atom is -0.382 e. The molecule has 0 unspecified atom stereocenters. The maximum absolute atomic E-state index is 12.9. The third-order valence-electron chi connectivity index (χ3n) is 5.97. The summed E-state index contributed by atoms with van der Waals surface area (Å²) in [6, 6.07) is 0. The molecular weight excluding hydrogens is 526 g/mol. The number of aromatic amines is 1. The molecule has 0 aliphatic heterocycles. The van der Waals surface area contributed by atoms with E-state index in [4.69, 9.17) is 5.73 Å². The van der Waals surface area contributed by atoms with Crippen molar-refractivity contribution in [2.75, 3.05) is 45.5 Å². The molecule has 0 aromatic carbocycles. The maximum atomic E-state index is 12.9. The summed E-state index contributed by atoms with van der Waals surface area (Å²) in [6.07, 6.45) is 3.94. The first kappa shape index (κ1) is 29.5. The van der Waals surface area contributed by atoms with Gasteiger partial charge in [0, 0.05) is 38.4 Å². The van der Waals surface area contributed by atoms with Crippen molar-refractivity contribution in [1.29, 1.82) is 0 Å². The van der Waals surface area contributed by atoms with Gasteiger partial charge in [-0.1, -0.05) is 0 Å². The number of amides is 4. The molecule has 17 heteroatoms. The first-order chi connectivity index (χ1) is 19.0. The zero-order chi connectivity index (χ0) is 29.4. The fourth-order valence-electron chi connectivity index (χ4n) is 3.72. The molecule has 40 heavy (non-hydrogen) atoms. The van der Waals surface area contributed by atoms with Crippen molar-refractivity contribution >= 4 is 40.6 Å². The van der Waals surface area contributed by atoms with Gasteiger partial charge in [0.05, 0.1) is 19.4 Å². The van der Waals surface area contributed by atoms with Crippen LogP contribution in [0, 0.1) is 6.92 Å². The van der Waals surface area contributed by atoms with Crippen LogP contribution in [0.2, 0.25) is 0 Å². The van der Waals surface area contributed by atoms with Gasteiger partial charge < -0.3 is 30.7 Å². The normalized spacial score (nSPS) is 10.8. The highest BCUT2D eigenvalue weighted by atomic mass is 16.2. The molecule has 3 aromatic rings. The Morgan fingerprint density at radius 2 is 1.68 bits per heavy atom. The van der Waals surface area contributed by atoms with Gasteiger partial charge in [0.25, 0.3) is 5.56 Å². The largest absolute Gasteiger partial charge is 0.382 e. The minimum atomic E-state index is -0.763. The zero-order valence-electron chi connectivity index (χ0n) is 22.3. The van der Waals surface area contributed by atoms with Crippen molar-refractivity contribution in [2.45, 2.75) is 26.9 Å². The first-order valence-electron chi connectivity index (χ1n) is 12.3. The Morgan fingerprint density at radius 1 is 1.00 bits per heavy atom. The summed E-state index contributed by atoms with van der Waals surface area (Å²) in [5.74, 6) is -1.67. The van der Waals surface area contributed by atoms with Crippen LogP contribution in [0.4, 0.5) is 5.82 Å². The quantitative estimate of drug-likeness (QED) is 0.175. The Labute approximate surface area is 227 Å². The number of nitrogens with one attached hydrogen (secondary N) is 3. The molecule has 4 amide bonds. The lowest BCUT2D eigenvalue weighted by Gasteiger charge is -2.24. The Morgan fingerprint density at radius 3 is 2.38 bits per heavy atom. The molecule has 0 saturated carbocycles. The van der Waals surface area contributed by atoms with Gasteiger partial charge in [-0.05, 0) is 13.8 Å². The van der Waals surface area contributed by atoms with Crippen LogP contribution in [0.1, 0.15) is 12.5 Å². The number of hydrogen-bond acceptors (Lipinski definition) is 10. The van der Waals surface area contributed by atoms with Crippen molar-refractivity contribution in [2.24, 2.45) is 0 Å². The number of nitrogens with zero attached hydrogens (tertiary/aromatic N) is 7. The lowest BCUT2D eigenvalue weighted by Crippen LogP contribution is -2.47. The second-order valence-electron chi connectivity index (χ2n) is 8.75. The van der Waals surface area contributed by atoms with Gasteiger partial charge in [-0.25, -0.2) is 19.7 Å². The van der Waals surface area contributed by atoms with Gasteiger partial charge in [-0.2, -0.15) is 0 Å². The number of carbonyl (C=O) groups excluding carboxylic acids is 4. The summed E-state index contributed by atoms with van der Waals surface area (Å²) < 4.78 is 2.54. The Balaban J connectivity index is 1.58. The molecule has 3 heterocycles. The summed E-state index contributed by atoms with van der Waals surface area (Å²) in [6.45, 7) is 2.32. The molecule has 17 nitrogen and oxygen atoms in total. The van der Waals surface area contributed by atoms with Gasteiger partial charge >= 0.3 is 5.69 Å². The standard InChI is InChI=1S/C23H31N11O6/c1-4-31(17(37)11-34-13-29-19-20(24)27-12-28-21(19)34)9-16(36)26-5-6-32(8-15(35)25-3)18(38)10-33-7-14(2)22(39)30-23(33)40/h7,12-13H,4-6,8-11H2,1-3H3,(H,25,35)(H,26,36)(H2,24,27,28)(H,30,39,40). The van der Waals surface area contributed by atoms with E-state index in [-0.39, 0.29) is 56.6 Å². The molecule has 0 radical (unpaired) electrons. The number of hydrogen-bond donors (Lipinski definition) is 4. The molecule has 214 valence electrons. The van der Waals surface area contributed by atoms with Gasteiger partial charge in [-0.15, -0.1) is 0 Å². The van der Waals surface area contributed by atoms with Crippen LogP contribution in [-0.4, -0.2) is 102 Å². The summed E-state index contributed by atoms with van der Waals surface area (Å²) >= 11 is 0. The smallest absolute Gasteiger partial charge is 0.328 e. The average Bonchev–Trinajstić information content (AvgIpc) is 3.33. The van der Waals surface area contributed by atoms with E-state index in [9.17, 15) is 28.8 Å². The Bertz CT molecular complexity index is 1530.